The highest BCUT2D eigenvalue weighted by molar-refractivity contribution is 5.91. The summed E-state index contributed by atoms with van der Waals surface area (Å²) in [5.74, 6) is 0.0746. The second kappa shape index (κ2) is 5.53. The average molecular weight is 226 g/mol. The lowest BCUT2D eigenvalue weighted by Crippen LogP contribution is -2.39. The van der Waals surface area contributed by atoms with Crippen molar-refractivity contribution >= 4 is 11.9 Å². The summed E-state index contributed by atoms with van der Waals surface area (Å²) >= 11 is 0. The molecule has 0 unspecified atom stereocenters. The predicted molar refractivity (Wildman–Crippen MR) is 60.2 cm³/mol. The quantitative estimate of drug-likeness (QED) is 0.730. The van der Waals surface area contributed by atoms with E-state index in [9.17, 15) is 9.59 Å². The van der Waals surface area contributed by atoms with Crippen LogP contribution in [0.2, 0.25) is 0 Å². The van der Waals surface area contributed by atoms with Gasteiger partial charge < -0.3 is 14.9 Å². The second-order valence-corrected chi connectivity index (χ2v) is 4.23. The van der Waals surface area contributed by atoms with E-state index in [-0.39, 0.29) is 11.7 Å². The van der Waals surface area contributed by atoms with Crippen LogP contribution in [0.4, 0.5) is 4.79 Å². The van der Waals surface area contributed by atoms with Crippen molar-refractivity contribution in [2.45, 2.75) is 12.8 Å². The summed E-state index contributed by atoms with van der Waals surface area (Å²) in [6.07, 6.45) is 3.66. The number of nitrogens with zero attached hydrogens (tertiary/aromatic N) is 2. The van der Waals surface area contributed by atoms with E-state index in [4.69, 9.17) is 5.11 Å². The zero-order chi connectivity index (χ0) is 12.1. The molecule has 0 radical (unpaired) electrons. The molecule has 1 rings (SSSR count). The van der Waals surface area contributed by atoms with Gasteiger partial charge in [0, 0.05) is 39.3 Å². The number of ketones is 1. The van der Waals surface area contributed by atoms with Gasteiger partial charge in [-0.15, -0.1) is 0 Å². The van der Waals surface area contributed by atoms with Gasteiger partial charge in [-0.05, 0) is 18.9 Å². The minimum absolute atomic E-state index is 0.0215. The van der Waals surface area contributed by atoms with Gasteiger partial charge in [-0.2, -0.15) is 0 Å². The van der Waals surface area contributed by atoms with Crippen molar-refractivity contribution in [3.63, 3.8) is 0 Å². The zero-order valence-electron chi connectivity index (χ0n) is 9.72. The number of hydrogen-bond donors (Lipinski definition) is 1. The molecule has 1 aliphatic heterocycles. The van der Waals surface area contributed by atoms with Gasteiger partial charge in [0.05, 0.1) is 0 Å². The maximum Gasteiger partial charge on any atom is 0.407 e. The van der Waals surface area contributed by atoms with E-state index in [1.165, 1.54) is 4.90 Å². The molecule has 1 amide bonds. The van der Waals surface area contributed by atoms with Crippen LogP contribution < -0.4 is 0 Å². The Labute approximate surface area is 95.3 Å². The topological polar surface area (TPSA) is 60.9 Å². The van der Waals surface area contributed by atoms with Crippen molar-refractivity contribution in [1.29, 1.82) is 0 Å². The number of carbonyl (C=O) groups excluding carboxylic acids is 1. The van der Waals surface area contributed by atoms with E-state index in [0.717, 1.165) is 0 Å². The Morgan fingerprint density at radius 1 is 1.31 bits per heavy atom. The first-order valence-corrected chi connectivity index (χ1v) is 5.37. The average Bonchev–Trinajstić information content (AvgIpc) is 2.26. The number of rotatable bonds is 3. The minimum atomic E-state index is -0.894. The largest absolute Gasteiger partial charge is 0.465 e. The van der Waals surface area contributed by atoms with E-state index in [0.29, 0.717) is 25.9 Å². The van der Waals surface area contributed by atoms with Gasteiger partial charge in [0.1, 0.15) is 0 Å². The number of hydrogen-bond acceptors (Lipinski definition) is 3. The molecule has 1 aliphatic rings. The summed E-state index contributed by atoms with van der Waals surface area (Å²) in [4.78, 5) is 25.5. The molecule has 0 saturated carbocycles. The van der Waals surface area contributed by atoms with Crippen LogP contribution in [-0.4, -0.2) is 54.0 Å². The third-order valence-electron chi connectivity index (χ3n) is 2.70. The molecule has 0 aromatic carbocycles. The third-order valence-corrected chi connectivity index (χ3v) is 2.70. The summed E-state index contributed by atoms with van der Waals surface area (Å²) in [6, 6.07) is 0. The number of likely N-dealkylation sites (tertiary alicyclic amines) is 1. The molecule has 16 heavy (non-hydrogen) atoms. The molecular weight excluding hydrogens is 208 g/mol. The Kier molecular flexibility index (Phi) is 4.34. The molecule has 0 atom stereocenters. The van der Waals surface area contributed by atoms with Crippen LogP contribution in [0.1, 0.15) is 12.8 Å². The molecule has 5 nitrogen and oxygen atoms in total. The Morgan fingerprint density at radius 3 is 2.31 bits per heavy atom. The third kappa shape index (κ3) is 3.56. The lowest BCUT2D eigenvalue weighted by Gasteiger charge is -2.28. The molecule has 1 fully saturated rings. The molecule has 0 aromatic rings. The second-order valence-electron chi connectivity index (χ2n) is 4.23. The Hall–Kier alpha value is -1.52. The first-order chi connectivity index (χ1) is 7.50. The van der Waals surface area contributed by atoms with E-state index in [1.807, 2.05) is 19.0 Å². The molecule has 1 heterocycles. The molecule has 1 N–H and O–H groups in total. The van der Waals surface area contributed by atoms with E-state index < -0.39 is 6.09 Å². The zero-order valence-corrected chi connectivity index (χ0v) is 9.72. The van der Waals surface area contributed by atoms with Gasteiger partial charge in [-0.3, -0.25) is 4.79 Å². The van der Waals surface area contributed by atoms with Crippen LogP contribution in [0, 0.1) is 5.92 Å². The van der Waals surface area contributed by atoms with E-state index in [1.54, 1.807) is 12.3 Å². The molecule has 0 aromatic heterocycles. The highest BCUT2D eigenvalue weighted by Gasteiger charge is 2.25. The van der Waals surface area contributed by atoms with Gasteiger partial charge in [-0.25, -0.2) is 4.79 Å². The number of piperidine rings is 1. The van der Waals surface area contributed by atoms with Crippen LogP contribution in [0.5, 0.6) is 0 Å². The lowest BCUT2D eigenvalue weighted by atomic mass is 9.92. The summed E-state index contributed by atoms with van der Waals surface area (Å²) in [7, 11) is 3.72. The van der Waals surface area contributed by atoms with Crippen LogP contribution in [0.3, 0.4) is 0 Å². The van der Waals surface area contributed by atoms with Gasteiger partial charge >= 0.3 is 6.09 Å². The molecule has 0 bridgehead atoms. The smallest absolute Gasteiger partial charge is 0.407 e. The predicted octanol–water partition coefficient (Wildman–Crippen LogP) is 1.02. The minimum Gasteiger partial charge on any atom is -0.465 e. The Balaban J connectivity index is 2.42. The summed E-state index contributed by atoms with van der Waals surface area (Å²) in [6.45, 7) is 0.920. The Bertz CT molecular complexity index is 292. The molecule has 0 spiro atoms. The molecule has 5 heteroatoms. The number of amides is 1. The number of allylic oxidation sites excluding steroid dienone is 1. The monoisotopic (exact) mass is 226 g/mol. The fraction of sp³-hybridized carbons (Fsp3) is 0.636. The standard InChI is InChI=1S/C11H18N2O3/c1-12(2)6-5-10(14)9-3-7-13(8-4-9)11(15)16/h5-6,9H,3-4,7-8H2,1-2H3,(H,15,16). The summed E-state index contributed by atoms with van der Waals surface area (Å²) in [5, 5.41) is 8.76. The fourth-order valence-corrected chi connectivity index (χ4v) is 1.71. The van der Waals surface area contributed by atoms with Gasteiger partial charge in [0.25, 0.3) is 0 Å². The summed E-state index contributed by atoms with van der Waals surface area (Å²) in [5.41, 5.74) is 0. The lowest BCUT2D eigenvalue weighted by molar-refractivity contribution is -0.119. The van der Waals surface area contributed by atoms with E-state index >= 15 is 0 Å². The normalized spacial score (nSPS) is 17.8. The fourth-order valence-electron chi connectivity index (χ4n) is 1.71. The van der Waals surface area contributed by atoms with Gasteiger partial charge in [0.15, 0.2) is 5.78 Å². The van der Waals surface area contributed by atoms with Crippen molar-refractivity contribution in [2.24, 2.45) is 5.92 Å². The number of carbonyl (C=O) groups is 2. The molecule has 90 valence electrons. The van der Waals surface area contributed by atoms with Crippen LogP contribution in [0.25, 0.3) is 0 Å². The Morgan fingerprint density at radius 2 is 1.88 bits per heavy atom. The SMILES string of the molecule is CN(C)C=CC(=O)C1CCN(C(=O)O)CC1. The highest BCUT2D eigenvalue weighted by Crippen LogP contribution is 2.18. The maximum absolute atomic E-state index is 11.7. The summed E-state index contributed by atoms with van der Waals surface area (Å²) < 4.78 is 0. The van der Waals surface area contributed by atoms with Crippen LogP contribution in [-0.2, 0) is 4.79 Å². The van der Waals surface area contributed by atoms with Crippen molar-refractivity contribution < 1.29 is 14.7 Å². The van der Waals surface area contributed by atoms with Crippen molar-refractivity contribution in [1.82, 2.24) is 9.80 Å². The van der Waals surface area contributed by atoms with Crippen LogP contribution >= 0.6 is 0 Å². The van der Waals surface area contributed by atoms with Crippen molar-refractivity contribution in [3.05, 3.63) is 12.3 Å². The first-order valence-electron chi connectivity index (χ1n) is 5.37. The van der Waals surface area contributed by atoms with Crippen LogP contribution in [0.15, 0.2) is 12.3 Å². The van der Waals surface area contributed by atoms with Crippen molar-refractivity contribution in [3.8, 4) is 0 Å². The number of carboxylic acid groups (broad SMARTS) is 1. The van der Waals surface area contributed by atoms with E-state index in [2.05, 4.69) is 0 Å². The highest BCUT2D eigenvalue weighted by atomic mass is 16.4. The molecule has 1 saturated heterocycles. The van der Waals surface area contributed by atoms with Gasteiger partial charge in [-0.1, -0.05) is 0 Å². The van der Waals surface area contributed by atoms with Crippen molar-refractivity contribution in [2.75, 3.05) is 27.2 Å². The van der Waals surface area contributed by atoms with Gasteiger partial charge in [0.2, 0.25) is 0 Å². The molecule has 0 aliphatic carbocycles. The first kappa shape index (κ1) is 12.5. The molecular formula is C11H18N2O3. The maximum atomic E-state index is 11.7.